The van der Waals surface area contributed by atoms with Gasteiger partial charge in [-0.25, -0.2) is 4.39 Å². The van der Waals surface area contributed by atoms with E-state index in [1.54, 1.807) is 12.1 Å². The van der Waals surface area contributed by atoms with E-state index in [1.807, 2.05) is 6.92 Å². The summed E-state index contributed by atoms with van der Waals surface area (Å²) in [4.78, 5) is 12.3. The molecule has 0 bridgehead atoms. The summed E-state index contributed by atoms with van der Waals surface area (Å²) in [5.41, 5.74) is -0.0273. The lowest BCUT2D eigenvalue weighted by Crippen LogP contribution is -2.40. The van der Waals surface area contributed by atoms with Crippen molar-refractivity contribution >= 4 is 17.4 Å². The van der Waals surface area contributed by atoms with E-state index >= 15 is 0 Å². The van der Waals surface area contributed by atoms with Crippen LogP contribution in [0, 0.1) is 11.2 Å². The molecule has 1 fully saturated rings. The van der Waals surface area contributed by atoms with E-state index in [2.05, 4.69) is 5.32 Å². The minimum atomic E-state index is -0.395. The van der Waals surface area contributed by atoms with Crippen molar-refractivity contribution in [1.29, 1.82) is 0 Å². The number of carbonyl (C=O) groups is 1. The number of carbonyl (C=O) groups excluding carboxylic acids is 1. The Labute approximate surface area is 112 Å². The molecule has 2 rings (SSSR count). The maximum Gasteiger partial charge on any atom is 0.143 e. The number of benzene rings is 1. The zero-order valence-electron chi connectivity index (χ0n) is 10.4. The lowest BCUT2D eigenvalue weighted by atomic mass is 9.75. The van der Waals surface area contributed by atoms with Gasteiger partial charge in [0.2, 0.25) is 0 Å². The van der Waals surface area contributed by atoms with Gasteiger partial charge in [0, 0.05) is 22.4 Å². The second-order valence-corrected chi connectivity index (χ2v) is 5.52. The van der Waals surface area contributed by atoms with Crippen LogP contribution in [-0.2, 0) is 11.2 Å². The molecule has 4 heteroatoms. The Morgan fingerprint density at radius 2 is 2.11 bits per heavy atom. The smallest absolute Gasteiger partial charge is 0.143 e. The molecule has 98 valence electrons. The van der Waals surface area contributed by atoms with Crippen molar-refractivity contribution in [1.82, 2.24) is 5.32 Å². The van der Waals surface area contributed by atoms with Crippen LogP contribution in [-0.4, -0.2) is 18.9 Å². The van der Waals surface area contributed by atoms with Crippen LogP contribution in [0.4, 0.5) is 4.39 Å². The van der Waals surface area contributed by atoms with Crippen molar-refractivity contribution in [3.05, 3.63) is 34.6 Å². The van der Waals surface area contributed by atoms with Gasteiger partial charge in [-0.05, 0) is 38.1 Å². The summed E-state index contributed by atoms with van der Waals surface area (Å²) in [6.45, 7) is 3.64. The number of hydrogen-bond acceptors (Lipinski definition) is 2. The van der Waals surface area contributed by atoms with E-state index in [9.17, 15) is 9.18 Å². The van der Waals surface area contributed by atoms with Crippen molar-refractivity contribution in [2.75, 3.05) is 13.1 Å². The first-order valence-corrected chi connectivity index (χ1v) is 6.58. The standard InChI is InChI=1S/C14H17ClFNO/c1-14(5-7-17-8-6-14)13(18)9-10-11(15)3-2-4-12(10)16/h2-4,17H,5-9H2,1H3. The number of piperidine rings is 1. The molecule has 1 N–H and O–H groups in total. The first kappa shape index (κ1) is 13.5. The van der Waals surface area contributed by atoms with Gasteiger partial charge in [0.1, 0.15) is 11.6 Å². The summed E-state index contributed by atoms with van der Waals surface area (Å²) in [6.07, 6.45) is 1.69. The largest absolute Gasteiger partial charge is 0.317 e. The number of rotatable bonds is 3. The predicted octanol–water partition coefficient (Wildman–Crippen LogP) is 2.98. The zero-order valence-corrected chi connectivity index (χ0v) is 11.2. The van der Waals surface area contributed by atoms with Gasteiger partial charge in [0.05, 0.1) is 0 Å². The summed E-state index contributed by atoms with van der Waals surface area (Å²) < 4.78 is 13.7. The third-order valence-corrected chi connectivity index (χ3v) is 4.13. The molecule has 1 aromatic carbocycles. The normalized spacial score (nSPS) is 18.6. The lowest BCUT2D eigenvalue weighted by molar-refractivity contribution is -0.128. The highest BCUT2D eigenvalue weighted by Crippen LogP contribution is 2.32. The third kappa shape index (κ3) is 2.73. The molecular formula is C14H17ClFNO. The summed E-state index contributed by atoms with van der Waals surface area (Å²) in [7, 11) is 0. The SMILES string of the molecule is CC1(C(=O)Cc2c(F)cccc2Cl)CCNCC1. The Bertz CT molecular complexity index is 435. The van der Waals surface area contributed by atoms with Crippen molar-refractivity contribution in [3.8, 4) is 0 Å². The van der Waals surface area contributed by atoms with Crippen LogP contribution < -0.4 is 5.32 Å². The van der Waals surface area contributed by atoms with Crippen LogP contribution in [0.1, 0.15) is 25.3 Å². The van der Waals surface area contributed by atoms with Gasteiger partial charge in [-0.1, -0.05) is 24.6 Å². The maximum absolute atomic E-state index is 13.7. The lowest BCUT2D eigenvalue weighted by Gasteiger charge is -2.32. The van der Waals surface area contributed by atoms with Gasteiger partial charge >= 0.3 is 0 Å². The van der Waals surface area contributed by atoms with E-state index in [4.69, 9.17) is 11.6 Å². The number of ketones is 1. The molecule has 0 amide bonds. The molecule has 1 heterocycles. The van der Waals surface area contributed by atoms with Crippen LogP contribution >= 0.6 is 11.6 Å². The summed E-state index contributed by atoms with van der Waals surface area (Å²) in [6, 6.07) is 4.52. The van der Waals surface area contributed by atoms with Crippen LogP contribution in [0.15, 0.2) is 18.2 Å². The van der Waals surface area contributed by atoms with E-state index < -0.39 is 5.82 Å². The number of nitrogens with one attached hydrogen (secondary N) is 1. The molecule has 0 atom stereocenters. The molecule has 1 aromatic rings. The van der Waals surface area contributed by atoms with Crippen molar-refractivity contribution in [2.45, 2.75) is 26.2 Å². The van der Waals surface area contributed by atoms with Gasteiger partial charge < -0.3 is 5.32 Å². The average Bonchev–Trinajstić information content (AvgIpc) is 2.34. The van der Waals surface area contributed by atoms with Gasteiger partial charge in [0.25, 0.3) is 0 Å². The van der Waals surface area contributed by atoms with Crippen molar-refractivity contribution in [3.63, 3.8) is 0 Å². The van der Waals surface area contributed by atoms with Crippen LogP contribution in [0.2, 0.25) is 5.02 Å². The molecule has 1 saturated heterocycles. The van der Waals surface area contributed by atoms with E-state index in [0.717, 1.165) is 25.9 Å². The Kier molecular flexibility index (Phi) is 4.03. The average molecular weight is 270 g/mol. The van der Waals surface area contributed by atoms with Gasteiger partial charge in [-0.3, -0.25) is 4.79 Å². The summed E-state index contributed by atoms with van der Waals surface area (Å²) in [5.74, 6) is -0.315. The zero-order chi connectivity index (χ0) is 13.2. The number of Topliss-reactive ketones (excluding diaryl/α,β-unsaturated/α-hetero) is 1. The summed E-state index contributed by atoms with van der Waals surface area (Å²) in [5, 5.41) is 3.56. The third-order valence-electron chi connectivity index (χ3n) is 3.78. The van der Waals surface area contributed by atoms with Gasteiger partial charge in [-0.15, -0.1) is 0 Å². The van der Waals surface area contributed by atoms with Crippen molar-refractivity contribution < 1.29 is 9.18 Å². The highest BCUT2D eigenvalue weighted by molar-refractivity contribution is 6.31. The fourth-order valence-electron chi connectivity index (χ4n) is 2.33. The molecular weight excluding hydrogens is 253 g/mol. The molecule has 18 heavy (non-hydrogen) atoms. The number of hydrogen-bond donors (Lipinski definition) is 1. The Hall–Kier alpha value is -0.930. The molecule has 0 unspecified atom stereocenters. The first-order valence-electron chi connectivity index (χ1n) is 6.20. The molecule has 0 radical (unpaired) electrons. The maximum atomic E-state index is 13.7. The Morgan fingerprint density at radius 3 is 2.72 bits per heavy atom. The molecule has 0 aromatic heterocycles. The monoisotopic (exact) mass is 269 g/mol. The second-order valence-electron chi connectivity index (χ2n) is 5.11. The van der Waals surface area contributed by atoms with Gasteiger partial charge in [-0.2, -0.15) is 0 Å². The Morgan fingerprint density at radius 1 is 1.44 bits per heavy atom. The highest BCUT2D eigenvalue weighted by atomic mass is 35.5. The first-order chi connectivity index (χ1) is 8.53. The Balaban J connectivity index is 2.16. The van der Waals surface area contributed by atoms with Gasteiger partial charge in [0.15, 0.2) is 0 Å². The fourth-order valence-corrected chi connectivity index (χ4v) is 2.56. The molecule has 0 spiro atoms. The van der Waals surface area contributed by atoms with Crippen LogP contribution in [0.25, 0.3) is 0 Å². The minimum Gasteiger partial charge on any atom is -0.317 e. The molecule has 0 saturated carbocycles. The predicted molar refractivity (Wildman–Crippen MR) is 70.3 cm³/mol. The molecule has 1 aliphatic heterocycles. The number of halogens is 2. The van der Waals surface area contributed by atoms with E-state index in [1.165, 1.54) is 6.07 Å². The fraction of sp³-hybridized carbons (Fsp3) is 0.500. The molecule has 1 aliphatic rings. The minimum absolute atomic E-state index is 0.0796. The van der Waals surface area contributed by atoms with E-state index in [-0.39, 0.29) is 17.6 Å². The van der Waals surface area contributed by atoms with Crippen molar-refractivity contribution in [2.24, 2.45) is 5.41 Å². The quantitative estimate of drug-likeness (QED) is 0.914. The van der Waals surface area contributed by atoms with Crippen LogP contribution in [0.3, 0.4) is 0 Å². The van der Waals surface area contributed by atoms with E-state index in [0.29, 0.717) is 10.6 Å². The van der Waals surface area contributed by atoms with Crippen LogP contribution in [0.5, 0.6) is 0 Å². The molecule has 2 nitrogen and oxygen atoms in total. The second kappa shape index (κ2) is 5.37. The molecule has 0 aliphatic carbocycles. The highest BCUT2D eigenvalue weighted by Gasteiger charge is 2.34. The topological polar surface area (TPSA) is 29.1 Å². The summed E-state index contributed by atoms with van der Waals surface area (Å²) >= 11 is 5.95.